The molecule has 55 heavy (non-hydrogen) atoms. The van der Waals surface area contributed by atoms with Crippen LogP contribution in [0.4, 0.5) is 0 Å². The number of para-hydroxylation sites is 2. The van der Waals surface area contributed by atoms with Crippen LogP contribution in [0.2, 0.25) is 0 Å². The fourth-order valence-corrected chi connectivity index (χ4v) is 9.59. The fourth-order valence-electron chi connectivity index (χ4n) is 8.75. The molecule has 5 heteroatoms. The van der Waals surface area contributed by atoms with E-state index < -0.39 is 0 Å². The zero-order valence-electron chi connectivity index (χ0n) is 29.5. The molecule has 0 bridgehead atoms. The molecule has 0 radical (unpaired) electrons. The van der Waals surface area contributed by atoms with E-state index in [1.165, 1.54) is 59.7 Å². The number of benzene rings is 8. The molecule has 0 unspecified atom stereocenters. The van der Waals surface area contributed by atoms with Gasteiger partial charge in [-0.3, -0.25) is 4.57 Å². The fraction of sp³-hybridized carbons (Fsp3) is 0. The lowest BCUT2D eigenvalue weighted by Crippen LogP contribution is -2.02. The van der Waals surface area contributed by atoms with Crippen molar-refractivity contribution < 1.29 is 0 Å². The minimum atomic E-state index is 0.672. The van der Waals surface area contributed by atoms with E-state index in [0.717, 1.165) is 43.8 Å². The number of nitrogens with zero attached hydrogens (tertiary/aromatic N) is 4. The molecule has 4 heterocycles. The molecule has 0 amide bonds. The summed E-state index contributed by atoms with van der Waals surface area (Å²) in [5.41, 5.74) is 11.0. The molecule has 0 aliphatic rings. The second-order valence-corrected chi connectivity index (χ2v) is 15.1. The van der Waals surface area contributed by atoms with Gasteiger partial charge in [-0.15, -0.1) is 11.3 Å². The minimum Gasteiger partial charge on any atom is -0.309 e. The predicted molar refractivity (Wildman–Crippen MR) is 232 cm³/mol. The van der Waals surface area contributed by atoms with Crippen LogP contribution in [0.1, 0.15) is 0 Å². The monoisotopic (exact) mass is 718 g/mol. The molecular formula is C50H30N4S. The molecule has 0 N–H and O–H groups in total. The summed E-state index contributed by atoms with van der Waals surface area (Å²) in [5, 5.41) is 11.9. The van der Waals surface area contributed by atoms with Crippen LogP contribution in [0.15, 0.2) is 181 Å². The van der Waals surface area contributed by atoms with Crippen molar-refractivity contribution in [3.63, 3.8) is 0 Å². The summed E-state index contributed by atoms with van der Waals surface area (Å²) < 4.78 is 5.80. The van der Waals surface area contributed by atoms with Crippen LogP contribution in [0.5, 0.6) is 0 Å². The molecule has 0 aliphatic carbocycles. The highest BCUT2D eigenvalue weighted by atomic mass is 32.1. The third-order valence-corrected chi connectivity index (χ3v) is 12.1. The van der Waals surface area contributed by atoms with Gasteiger partial charge >= 0.3 is 0 Å². The number of rotatable bonds is 4. The second kappa shape index (κ2) is 11.7. The van der Waals surface area contributed by atoms with Gasteiger partial charge in [0.15, 0.2) is 0 Å². The van der Waals surface area contributed by atoms with Crippen LogP contribution in [-0.4, -0.2) is 19.1 Å². The van der Waals surface area contributed by atoms with Crippen LogP contribution in [-0.2, 0) is 0 Å². The summed E-state index contributed by atoms with van der Waals surface area (Å²) in [6.07, 6.45) is 0. The maximum Gasteiger partial charge on any atom is 0.235 e. The Morgan fingerprint density at radius 1 is 0.436 bits per heavy atom. The van der Waals surface area contributed by atoms with Gasteiger partial charge in [0.2, 0.25) is 5.95 Å². The first-order valence-corrected chi connectivity index (χ1v) is 19.5. The van der Waals surface area contributed by atoms with E-state index in [0.29, 0.717) is 5.95 Å². The van der Waals surface area contributed by atoms with E-state index in [4.69, 9.17) is 9.97 Å². The van der Waals surface area contributed by atoms with Crippen LogP contribution in [0.3, 0.4) is 0 Å². The lowest BCUT2D eigenvalue weighted by Gasteiger charge is -2.12. The standard InChI is InChI=1S/C50H30N4S/c1-3-13-32(14-4-1)47-49-42(26-27-55-49)51-50(52-47)54-43-24-23-35(29-40(43)41-28-33-15-7-8-16-34(33)30-45(41)54)38-20-11-21-39-46-37-19-10-9-12-31(37)22-25-44(46)53(48(38)39)36-17-5-2-6-18-36/h1-30H. The number of thiophene rings is 1. The van der Waals surface area contributed by atoms with Gasteiger partial charge < -0.3 is 4.57 Å². The second-order valence-electron chi connectivity index (χ2n) is 14.2. The Morgan fingerprint density at radius 2 is 1.15 bits per heavy atom. The number of hydrogen-bond acceptors (Lipinski definition) is 3. The lowest BCUT2D eigenvalue weighted by atomic mass is 9.98. The molecule has 0 aliphatic heterocycles. The first kappa shape index (κ1) is 30.4. The van der Waals surface area contributed by atoms with Crippen LogP contribution >= 0.6 is 11.3 Å². The highest BCUT2D eigenvalue weighted by Gasteiger charge is 2.22. The summed E-state index contributed by atoms with van der Waals surface area (Å²) in [7, 11) is 0. The van der Waals surface area contributed by atoms with Gasteiger partial charge in [-0.25, -0.2) is 9.97 Å². The zero-order chi connectivity index (χ0) is 36.0. The van der Waals surface area contributed by atoms with E-state index in [1.807, 2.05) is 0 Å². The van der Waals surface area contributed by atoms with E-state index in [9.17, 15) is 0 Å². The van der Waals surface area contributed by atoms with Crippen molar-refractivity contribution in [3.05, 3.63) is 181 Å². The average molecular weight is 719 g/mol. The summed E-state index contributed by atoms with van der Waals surface area (Å²) in [4.78, 5) is 10.6. The van der Waals surface area contributed by atoms with Crippen LogP contribution in [0.25, 0.3) is 109 Å². The molecule has 8 aromatic carbocycles. The molecule has 4 aromatic heterocycles. The predicted octanol–water partition coefficient (Wildman–Crippen LogP) is 13.5. The Hall–Kier alpha value is -7.08. The Balaban J connectivity index is 1.17. The smallest absolute Gasteiger partial charge is 0.235 e. The highest BCUT2D eigenvalue weighted by molar-refractivity contribution is 7.17. The molecule has 0 saturated carbocycles. The van der Waals surface area contributed by atoms with Gasteiger partial charge in [-0.2, -0.15) is 0 Å². The SMILES string of the molecule is c1ccc(-c2nc(-n3c4ccc(-c5cccc6c7c8ccccc8ccc7n(-c7ccccc7)c56)cc4c4cc5ccccc5cc43)nc3ccsc23)cc1. The van der Waals surface area contributed by atoms with Crippen molar-refractivity contribution in [2.24, 2.45) is 0 Å². The van der Waals surface area contributed by atoms with Crippen molar-refractivity contribution in [2.75, 3.05) is 0 Å². The first-order chi connectivity index (χ1) is 27.3. The molecule has 0 spiro atoms. The molecule has 0 saturated heterocycles. The highest BCUT2D eigenvalue weighted by Crippen LogP contribution is 2.43. The Bertz CT molecular complexity index is 3480. The van der Waals surface area contributed by atoms with Crippen molar-refractivity contribution in [1.82, 2.24) is 19.1 Å². The maximum absolute atomic E-state index is 5.34. The summed E-state index contributed by atoms with van der Waals surface area (Å²) in [6.45, 7) is 0. The molecular weight excluding hydrogens is 689 g/mol. The van der Waals surface area contributed by atoms with E-state index in [-0.39, 0.29) is 0 Å². The number of fused-ring (bicyclic) bond motifs is 10. The maximum atomic E-state index is 5.34. The van der Waals surface area contributed by atoms with E-state index >= 15 is 0 Å². The van der Waals surface area contributed by atoms with Crippen molar-refractivity contribution >= 4 is 86.7 Å². The van der Waals surface area contributed by atoms with Crippen LogP contribution in [0, 0.1) is 0 Å². The summed E-state index contributed by atoms with van der Waals surface area (Å²) in [6, 6.07) is 63.5. The Kier molecular flexibility index (Phi) is 6.47. The minimum absolute atomic E-state index is 0.672. The molecule has 0 atom stereocenters. The Labute approximate surface area is 319 Å². The summed E-state index contributed by atoms with van der Waals surface area (Å²) >= 11 is 1.69. The Morgan fingerprint density at radius 3 is 2.00 bits per heavy atom. The molecule has 0 fully saturated rings. The first-order valence-electron chi connectivity index (χ1n) is 18.6. The average Bonchev–Trinajstić information content (AvgIpc) is 3.95. The van der Waals surface area contributed by atoms with Gasteiger partial charge in [0.05, 0.1) is 38.0 Å². The third kappa shape index (κ3) is 4.51. The third-order valence-electron chi connectivity index (χ3n) is 11.2. The molecule has 256 valence electrons. The largest absolute Gasteiger partial charge is 0.309 e. The quantitative estimate of drug-likeness (QED) is 0.182. The van der Waals surface area contributed by atoms with Crippen molar-refractivity contribution in [1.29, 1.82) is 0 Å². The van der Waals surface area contributed by atoms with Crippen molar-refractivity contribution in [3.8, 4) is 34.0 Å². The lowest BCUT2D eigenvalue weighted by molar-refractivity contribution is 1.02. The molecule has 12 rings (SSSR count). The normalized spacial score (nSPS) is 12.0. The summed E-state index contributed by atoms with van der Waals surface area (Å²) in [5.74, 6) is 0.672. The van der Waals surface area contributed by atoms with Crippen molar-refractivity contribution in [2.45, 2.75) is 0 Å². The molecule has 12 aromatic rings. The number of aromatic nitrogens is 4. The zero-order valence-corrected chi connectivity index (χ0v) is 30.3. The van der Waals surface area contributed by atoms with E-state index in [2.05, 4.69) is 190 Å². The van der Waals surface area contributed by atoms with Gasteiger partial charge in [0.25, 0.3) is 0 Å². The van der Waals surface area contributed by atoms with Gasteiger partial charge in [-0.05, 0) is 81.0 Å². The number of hydrogen-bond donors (Lipinski definition) is 0. The van der Waals surface area contributed by atoms with Crippen LogP contribution < -0.4 is 0 Å². The molecule has 4 nitrogen and oxygen atoms in total. The van der Waals surface area contributed by atoms with Gasteiger partial charge in [0, 0.05) is 38.4 Å². The topological polar surface area (TPSA) is 35.6 Å². The van der Waals surface area contributed by atoms with E-state index in [1.54, 1.807) is 11.3 Å². The van der Waals surface area contributed by atoms with Gasteiger partial charge in [0.1, 0.15) is 0 Å². The van der Waals surface area contributed by atoms with Gasteiger partial charge in [-0.1, -0.05) is 127 Å².